The number of ketones is 2. The van der Waals surface area contributed by atoms with E-state index in [2.05, 4.69) is 27.2 Å². The Kier molecular flexibility index (Phi) is 21.5. The lowest BCUT2D eigenvalue weighted by Crippen LogP contribution is -2.61. The third-order valence-corrected chi connectivity index (χ3v) is 16.1. The summed E-state index contributed by atoms with van der Waals surface area (Å²) in [6, 6.07) is -1.87. The van der Waals surface area contributed by atoms with Gasteiger partial charge in [-0.2, -0.15) is 0 Å². The van der Waals surface area contributed by atoms with Crippen LogP contribution in [0.3, 0.4) is 0 Å². The molecule has 3 aliphatic heterocycles. The molecule has 1 aliphatic carbocycles. The second-order valence-corrected chi connectivity index (χ2v) is 23.0. The quantitative estimate of drug-likeness (QED) is 0.159. The number of cyclic esters (lactones) is 1. The highest BCUT2D eigenvalue weighted by Gasteiger charge is 2.53. The molecule has 398 valence electrons. The number of carbonyl (C=O) groups excluding carboxylic acids is 4. The number of hydrogen-bond acceptors (Lipinski definition) is 15. The third-order valence-electron chi connectivity index (χ3n) is 15.3. The normalized spacial score (nSPS) is 38.2. The second-order valence-electron chi connectivity index (χ2n) is 21.2. The number of sulfonamides is 1. The topological polar surface area (TPSA) is 239 Å². The van der Waals surface area contributed by atoms with Gasteiger partial charge < -0.3 is 34.1 Å². The number of rotatable bonds is 8. The Morgan fingerprint density at radius 2 is 1.65 bits per heavy atom. The first-order valence-electron chi connectivity index (χ1n) is 25.7. The smallest absolute Gasteiger partial charge is 0.329 e. The van der Waals surface area contributed by atoms with Crippen LogP contribution in [0.25, 0.3) is 0 Å². The monoisotopic (exact) mass is 1010 g/mol. The average Bonchev–Trinajstić information content (AvgIpc) is 3.87. The Balaban J connectivity index is 1.46. The summed E-state index contributed by atoms with van der Waals surface area (Å²) >= 11 is 0. The van der Waals surface area contributed by atoms with Crippen LogP contribution in [0.4, 0.5) is 0 Å². The van der Waals surface area contributed by atoms with Gasteiger partial charge in [0.1, 0.15) is 30.7 Å². The average molecular weight is 1020 g/mol. The molecule has 15 atom stereocenters. The second kappa shape index (κ2) is 26.3. The van der Waals surface area contributed by atoms with Crippen molar-refractivity contribution in [2.45, 2.75) is 186 Å². The van der Waals surface area contributed by atoms with Crippen molar-refractivity contribution in [2.24, 2.45) is 35.5 Å². The molecule has 1 aromatic rings. The van der Waals surface area contributed by atoms with E-state index >= 15 is 0 Å². The molecule has 5 rings (SSSR count). The van der Waals surface area contributed by atoms with Gasteiger partial charge in [0.2, 0.25) is 15.8 Å². The maximum Gasteiger partial charge on any atom is 0.329 e. The lowest BCUT2D eigenvalue weighted by molar-refractivity contribution is -0.264. The van der Waals surface area contributed by atoms with Gasteiger partial charge in [-0.3, -0.25) is 14.4 Å². The van der Waals surface area contributed by atoms with Crippen LogP contribution in [0.15, 0.2) is 53.9 Å². The highest BCUT2D eigenvalue weighted by Crippen LogP contribution is 2.39. The SMILES string of the molecule is CO[C@@H]1C[C@H](C[C@@H](C)[C@@H]2CC[C@H](C)/C=C(\C)[C@@H](O)[C@@H](OC)C(=O)[C@H](C)C[C@H](C)/C=C/C=C/C=C(\C)[C@H](NS(C)(=O)=O)C[C@@H]3CC[C@@H](C)C(O)(O3)C(=O)C(=O)N3CCCC[C@H]3C(=O)O2)CC[C@@H]1n1cnnn1. The first-order valence-corrected chi connectivity index (χ1v) is 27.6. The number of fused-ring (bicyclic) bond motifs is 3. The van der Waals surface area contributed by atoms with Gasteiger partial charge in [0.15, 0.2) is 5.78 Å². The maximum absolute atomic E-state index is 14.5. The Morgan fingerprint density at radius 3 is 2.32 bits per heavy atom. The summed E-state index contributed by atoms with van der Waals surface area (Å²) in [7, 11) is -0.618. The van der Waals surface area contributed by atoms with Crippen LogP contribution >= 0.6 is 0 Å². The highest BCUT2D eigenvalue weighted by atomic mass is 32.2. The Labute approximate surface area is 421 Å². The number of methoxy groups -OCH3 is 2. The van der Waals surface area contributed by atoms with E-state index in [0.717, 1.165) is 25.5 Å². The molecule has 3 fully saturated rings. The molecule has 2 saturated heterocycles. The minimum Gasteiger partial charge on any atom is -0.461 e. The number of aliphatic hydroxyl groups is 2. The molecule has 1 amide bonds. The summed E-state index contributed by atoms with van der Waals surface area (Å²) in [5.41, 5.74) is 1.23. The summed E-state index contributed by atoms with van der Waals surface area (Å²) in [5, 5.41) is 35.4. The number of aliphatic hydroxyl groups excluding tert-OH is 1. The van der Waals surface area contributed by atoms with Crippen molar-refractivity contribution in [1.29, 1.82) is 0 Å². The maximum atomic E-state index is 14.5. The lowest BCUT2D eigenvalue weighted by atomic mass is 9.77. The van der Waals surface area contributed by atoms with Crippen LogP contribution in [0.2, 0.25) is 0 Å². The number of ether oxygens (including phenoxy) is 4. The fourth-order valence-corrected chi connectivity index (χ4v) is 11.9. The third kappa shape index (κ3) is 15.8. The van der Waals surface area contributed by atoms with Crippen LogP contribution in [-0.2, 0) is 48.1 Å². The Hall–Kier alpha value is -3.98. The molecule has 0 spiro atoms. The van der Waals surface area contributed by atoms with Crippen molar-refractivity contribution in [3.8, 4) is 0 Å². The predicted molar refractivity (Wildman–Crippen MR) is 267 cm³/mol. The van der Waals surface area contributed by atoms with Crippen LogP contribution in [0.5, 0.6) is 0 Å². The molecular formula is C52H82N6O12S. The molecule has 18 nitrogen and oxygen atoms in total. The zero-order valence-corrected chi connectivity index (χ0v) is 44.5. The number of piperidine rings is 1. The Bertz CT molecular complexity index is 2180. The van der Waals surface area contributed by atoms with Gasteiger partial charge in [-0.1, -0.05) is 76.6 Å². The highest BCUT2D eigenvalue weighted by molar-refractivity contribution is 7.88. The van der Waals surface area contributed by atoms with Crippen LogP contribution in [0.1, 0.15) is 138 Å². The molecule has 3 N–H and O–H groups in total. The summed E-state index contributed by atoms with van der Waals surface area (Å²) in [4.78, 5) is 58.3. The van der Waals surface area contributed by atoms with E-state index in [1.165, 1.54) is 12.0 Å². The largest absolute Gasteiger partial charge is 0.461 e. The summed E-state index contributed by atoms with van der Waals surface area (Å²) in [5.74, 6) is -6.81. The van der Waals surface area contributed by atoms with E-state index in [0.29, 0.717) is 62.5 Å². The van der Waals surface area contributed by atoms with Crippen molar-refractivity contribution in [1.82, 2.24) is 29.8 Å². The molecule has 2 bridgehead atoms. The van der Waals surface area contributed by atoms with E-state index < -0.39 is 81.8 Å². The van der Waals surface area contributed by atoms with Crippen LogP contribution < -0.4 is 4.72 Å². The zero-order valence-electron chi connectivity index (χ0n) is 43.6. The first kappa shape index (κ1) is 57.9. The van der Waals surface area contributed by atoms with E-state index in [-0.39, 0.29) is 61.0 Å². The first-order chi connectivity index (χ1) is 33.6. The molecule has 1 aromatic heterocycles. The summed E-state index contributed by atoms with van der Waals surface area (Å²) in [6.07, 6.45) is 16.7. The summed E-state index contributed by atoms with van der Waals surface area (Å²) in [6.45, 7) is 13.2. The fraction of sp³-hybridized carbons (Fsp3) is 0.750. The number of aromatic nitrogens is 4. The Morgan fingerprint density at radius 1 is 0.901 bits per heavy atom. The van der Waals surface area contributed by atoms with Gasteiger partial charge in [-0.25, -0.2) is 22.6 Å². The number of nitrogens with zero attached hydrogens (tertiary/aromatic N) is 5. The van der Waals surface area contributed by atoms with Gasteiger partial charge in [-0.15, -0.1) is 5.10 Å². The molecule has 0 radical (unpaired) electrons. The molecule has 4 aliphatic rings. The van der Waals surface area contributed by atoms with Crippen molar-refractivity contribution >= 4 is 33.5 Å². The molecule has 4 heterocycles. The van der Waals surface area contributed by atoms with E-state index in [4.69, 9.17) is 18.9 Å². The molecule has 19 heteroatoms. The minimum atomic E-state index is -3.72. The molecule has 71 heavy (non-hydrogen) atoms. The number of allylic oxidation sites excluding steroid dienone is 6. The summed E-state index contributed by atoms with van der Waals surface area (Å²) < 4.78 is 53.8. The zero-order chi connectivity index (χ0) is 52.2. The number of tetrazole rings is 1. The van der Waals surface area contributed by atoms with E-state index in [1.54, 1.807) is 57.1 Å². The molecular weight excluding hydrogens is 933 g/mol. The molecule has 0 aromatic carbocycles. The molecule has 1 saturated carbocycles. The van der Waals surface area contributed by atoms with Crippen LogP contribution in [0, 0.1) is 35.5 Å². The van der Waals surface area contributed by atoms with Crippen molar-refractivity contribution in [3.63, 3.8) is 0 Å². The molecule has 1 unspecified atom stereocenters. The predicted octanol–water partition coefficient (Wildman–Crippen LogP) is 5.77. The number of esters is 1. The lowest BCUT2D eigenvalue weighted by Gasteiger charge is -2.43. The number of carbonyl (C=O) groups is 4. The number of hydrogen-bond donors (Lipinski definition) is 3. The van der Waals surface area contributed by atoms with Gasteiger partial charge >= 0.3 is 5.97 Å². The number of Topliss-reactive ketones (excluding diaryl/α,β-unsaturated/α-hetero) is 2. The van der Waals surface area contributed by atoms with Crippen molar-refractivity contribution in [2.75, 3.05) is 27.0 Å². The van der Waals surface area contributed by atoms with Gasteiger partial charge in [-0.05, 0) is 137 Å². The van der Waals surface area contributed by atoms with Crippen molar-refractivity contribution in [3.05, 3.63) is 53.9 Å². The van der Waals surface area contributed by atoms with Gasteiger partial charge in [0, 0.05) is 38.6 Å². The minimum absolute atomic E-state index is 0.0105. The van der Waals surface area contributed by atoms with E-state index in [1.807, 2.05) is 39.0 Å². The van der Waals surface area contributed by atoms with Gasteiger partial charge in [0.25, 0.3) is 11.7 Å². The number of amides is 1. The van der Waals surface area contributed by atoms with Gasteiger partial charge in [0.05, 0.1) is 24.5 Å². The number of nitrogens with one attached hydrogen (secondary N) is 1. The van der Waals surface area contributed by atoms with Crippen molar-refractivity contribution < 1.29 is 56.8 Å². The standard InChI is InChI=1S/C52H82N6O12S/c1-32-16-12-11-13-17-34(3)41(54-71(10,65)66)30-40-22-20-38(7)52(64,70-40)49(61)50(62)57-25-15-14-18-43(57)51(63)69-44(24-19-33(2)27-37(6)47(60)48(68-9)46(59)36(5)26-32)35(4)28-39-21-23-42(45(29-39)67-8)58-31-53-55-56-58/h11-13,16-17,27,31-33,35-36,38-45,47-48,54,60,64H,14-15,18-26,28-30H2,1-10H3/b13-11+,16-12+,34-17+,37-27+/t32-,33+,35-,36-,38-,39+,40+,41-,42+,43+,44+,45-,47-,48+,52?/m1/s1. The van der Waals surface area contributed by atoms with E-state index in [9.17, 15) is 37.8 Å². The fourth-order valence-electron chi connectivity index (χ4n) is 11.1. The van der Waals surface area contributed by atoms with Crippen LogP contribution in [-0.4, -0.2) is 143 Å².